The minimum absolute atomic E-state index is 0.0705. The summed E-state index contributed by atoms with van der Waals surface area (Å²) in [5.74, 6) is -0.521. The van der Waals surface area contributed by atoms with Crippen molar-refractivity contribution in [1.29, 1.82) is 0 Å². The fourth-order valence-electron chi connectivity index (χ4n) is 4.23. The van der Waals surface area contributed by atoms with Crippen molar-refractivity contribution in [2.24, 2.45) is 5.92 Å². The number of fused-ring (bicyclic) bond motifs is 1. The van der Waals surface area contributed by atoms with Crippen LogP contribution in [0.1, 0.15) is 36.9 Å². The van der Waals surface area contributed by atoms with Gasteiger partial charge in [0.2, 0.25) is 15.9 Å². The molecule has 34 heavy (non-hydrogen) atoms. The molecule has 0 unspecified atom stereocenters. The van der Waals surface area contributed by atoms with E-state index in [1.807, 2.05) is 49.4 Å². The molecular weight excluding hydrogens is 465 g/mol. The Labute approximate surface area is 196 Å². The highest BCUT2D eigenvalue weighted by Gasteiger charge is 2.35. The van der Waals surface area contributed by atoms with Gasteiger partial charge in [0, 0.05) is 19.0 Å². The maximum Gasteiger partial charge on any atom is 0.416 e. The fourth-order valence-corrected chi connectivity index (χ4v) is 5.75. The molecule has 0 radical (unpaired) electrons. The summed E-state index contributed by atoms with van der Waals surface area (Å²) in [6.45, 7) is 2.04. The lowest BCUT2D eigenvalue weighted by Gasteiger charge is -2.31. The Kier molecular flexibility index (Phi) is 6.69. The minimum Gasteiger partial charge on any atom is -0.349 e. The van der Waals surface area contributed by atoms with Crippen molar-refractivity contribution < 1.29 is 26.4 Å². The SMILES string of the molecule is C[C@H](NC(=O)C1CCN(S(=O)(=O)c2cccc(C(F)(F)F)c2)CC1)c1ccc2ccccc2c1. The Morgan fingerprint density at radius 1 is 0.971 bits per heavy atom. The highest BCUT2D eigenvalue weighted by molar-refractivity contribution is 7.89. The van der Waals surface area contributed by atoms with Crippen LogP contribution in [-0.2, 0) is 21.0 Å². The summed E-state index contributed by atoms with van der Waals surface area (Å²) in [6.07, 6.45) is -4.03. The summed E-state index contributed by atoms with van der Waals surface area (Å²) in [7, 11) is -4.08. The highest BCUT2D eigenvalue weighted by Crippen LogP contribution is 2.32. The summed E-state index contributed by atoms with van der Waals surface area (Å²) in [4.78, 5) is 12.4. The molecule has 1 aliphatic rings. The van der Waals surface area contributed by atoms with E-state index in [0.29, 0.717) is 18.9 Å². The third-order valence-corrected chi connectivity index (χ3v) is 8.15. The molecule has 4 rings (SSSR count). The third kappa shape index (κ3) is 5.10. The summed E-state index contributed by atoms with van der Waals surface area (Å²) in [6, 6.07) is 17.5. The number of hydrogen-bond acceptors (Lipinski definition) is 3. The van der Waals surface area contributed by atoms with Gasteiger partial charge >= 0.3 is 6.18 Å². The van der Waals surface area contributed by atoms with Crippen LogP contribution in [0.5, 0.6) is 0 Å². The van der Waals surface area contributed by atoms with Crippen LogP contribution in [0.15, 0.2) is 71.6 Å². The maximum atomic E-state index is 13.0. The van der Waals surface area contributed by atoms with Crippen molar-refractivity contribution >= 4 is 26.7 Å². The second kappa shape index (κ2) is 9.38. The smallest absolute Gasteiger partial charge is 0.349 e. The number of sulfonamides is 1. The molecule has 1 heterocycles. The Bertz CT molecular complexity index is 1300. The Balaban J connectivity index is 1.38. The van der Waals surface area contributed by atoms with E-state index in [9.17, 15) is 26.4 Å². The number of carbonyl (C=O) groups is 1. The molecule has 1 atom stereocenters. The van der Waals surface area contributed by atoms with Crippen LogP contribution < -0.4 is 5.32 Å². The average molecular weight is 491 g/mol. The second-order valence-electron chi connectivity index (χ2n) is 8.54. The van der Waals surface area contributed by atoms with Gasteiger partial charge in [0.1, 0.15) is 0 Å². The number of halogens is 3. The van der Waals surface area contributed by atoms with Crippen molar-refractivity contribution in [3.05, 3.63) is 77.9 Å². The van der Waals surface area contributed by atoms with Crippen LogP contribution in [0.2, 0.25) is 0 Å². The van der Waals surface area contributed by atoms with Crippen LogP contribution in [0.3, 0.4) is 0 Å². The van der Waals surface area contributed by atoms with Gasteiger partial charge in [-0.25, -0.2) is 8.42 Å². The standard InChI is InChI=1S/C25H25F3N2O3S/c1-17(20-10-9-18-5-2-3-6-21(18)15-20)29-24(31)19-11-13-30(14-12-19)34(32,33)23-8-4-7-22(16-23)25(26,27)28/h2-10,15-17,19H,11-14H2,1H3,(H,29,31)/t17-/m0/s1. The molecule has 1 N–H and O–H groups in total. The Morgan fingerprint density at radius 3 is 2.32 bits per heavy atom. The summed E-state index contributed by atoms with van der Waals surface area (Å²) in [5, 5.41) is 5.20. The first kappa shape index (κ1) is 24.2. The van der Waals surface area contributed by atoms with E-state index in [-0.39, 0.29) is 31.0 Å². The van der Waals surface area contributed by atoms with Gasteiger partial charge in [-0.05, 0) is 60.4 Å². The number of nitrogens with zero attached hydrogens (tertiary/aromatic N) is 1. The predicted molar refractivity (Wildman–Crippen MR) is 123 cm³/mol. The number of nitrogens with one attached hydrogen (secondary N) is 1. The van der Waals surface area contributed by atoms with Gasteiger partial charge in [0.15, 0.2) is 0 Å². The minimum atomic E-state index is -4.63. The molecule has 0 bridgehead atoms. The highest BCUT2D eigenvalue weighted by atomic mass is 32.2. The number of alkyl halides is 3. The fraction of sp³-hybridized carbons (Fsp3) is 0.320. The van der Waals surface area contributed by atoms with Crippen molar-refractivity contribution in [2.75, 3.05) is 13.1 Å². The lowest BCUT2D eigenvalue weighted by molar-refractivity contribution is -0.137. The molecule has 180 valence electrons. The van der Waals surface area contributed by atoms with E-state index in [0.717, 1.165) is 38.8 Å². The van der Waals surface area contributed by atoms with Crippen molar-refractivity contribution in [3.8, 4) is 0 Å². The monoisotopic (exact) mass is 490 g/mol. The molecule has 1 saturated heterocycles. The van der Waals surface area contributed by atoms with Gasteiger partial charge in [-0.1, -0.05) is 42.5 Å². The molecule has 1 amide bonds. The molecular formula is C25H25F3N2O3S. The number of hydrogen-bond donors (Lipinski definition) is 1. The van der Waals surface area contributed by atoms with Crippen molar-refractivity contribution in [1.82, 2.24) is 9.62 Å². The zero-order chi connectivity index (χ0) is 24.5. The lowest BCUT2D eigenvalue weighted by atomic mass is 9.96. The van der Waals surface area contributed by atoms with Crippen molar-refractivity contribution in [3.63, 3.8) is 0 Å². The zero-order valence-corrected chi connectivity index (χ0v) is 19.4. The third-order valence-electron chi connectivity index (χ3n) is 6.26. The molecule has 0 spiro atoms. The average Bonchev–Trinajstić information content (AvgIpc) is 2.83. The number of benzene rings is 3. The summed E-state index contributed by atoms with van der Waals surface area (Å²) < 4.78 is 65.9. The van der Waals surface area contributed by atoms with Gasteiger partial charge in [0.25, 0.3) is 0 Å². The normalized spacial score (nSPS) is 16.9. The van der Waals surface area contributed by atoms with Gasteiger partial charge in [-0.3, -0.25) is 4.79 Å². The molecule has 0 aromatic heterocycles. The number of piperidine rings is 1. The van der Waals surface area contributed by atoms with E-state index in [2.05, 4.69) is 5.32 Å². The molecule has 1 fully saturated rings. The van der Waals surface area contributed by atoms with Crippen LogP contribution in [-0.4, -0.2) is 31.7 Å². The number of amides is 1. The van der Waals surface area contributed by atoms with E-state index in [1.165, 1.54) is 0 Å². The molecule has 0 saturated carbocycles. The molecule has 9 heteroatoms. The second-order valence-corrected chi connectivity index (χ2v) is 10.5. The van der Waals surface area contributed by atoms with Crippen LogP contribution >= 0.6 is 0 Å². The van der Waals surface area contributed by atoms with E-state index in [4.69, 9.17) is 0 Å². The van der Waals surface area contributed by atoms with Gasteiger partial charge in [-0.15, -0.1) is 0 Å². The molecule has 5 nitrogen and oxygen atoms in total. The first-order valence-corrected chi connectivity index (χ1v) is 12.5. The van der Waals surface area contributed by atoms with Gasteiger partial charge in [-0.2, -0.15) is 17.5 Å². The zero-order valence-electron chi connectivity index (χ0n) is 18.5. The molecule has 3 aromatic rings. The van der Waals surface area contributed by atoms with Crippen LogP contribution in [0, 0.1) is 5.92 Å². The quantitative estimate of drug-likeness (QED) is 0.539. The molecule has 1 aliphatic heterocycles. The van der Waals surface area contributed by atoms with Crippen molar-refractivity contribution in [2.45, 2.75) is 36.9 Å². The first-order valence-electron chi connectivity index (χ1n) is 11.0. The summed E-state index contributed by atoms with van der Waals surface area (Å²) >= 11 is 0. The topological polar surface area (TPSA) is 66.5 Å². The Morgan fingerprint density at radius 2 is 1.65 bits per heavy atom. The van der Waals surface area contributed by atoms with E-state index in [1.54, 1.807) is 0 Å². The van der Waals surface area contributed by atoms with E-state index >= 15 is 0 Å². The largest absolute Gasteiger partial charge is 0.416 e. The Hall–Kier alpha value is -2.91. The number of rotatable bonds is 5. The number of carbonyl (C=O) groups excluding carboxylic acids is 1. The summed E-state index contributed by atoms with van der Waals surface area (Å²) in [5.41, 5.74) is -0.0397. The molecule has 0 aliphatic carbocycles. The van der Waals surface area contributed by atoms with Gasteiger partial charge < -0.3 is 5.32 Å². The maximum absolute atomic E-state index is 13.0. The van der Waals surface area contributed by atoms with Crippen LogP contribution in [0.4, 0.5) is 13.2 Å². The van der Waals surface area contributed by atoms with E-state index < -0.39 is 26.7 Å². The molecule has 3 aromatic carbocycles. The lowest BCUT2D eigenvalue weighted by Crippen LogP contribution is -2.43. The van der Waals surface area contributed by atoms with Crippen LogP contribution in [0.25, 0.3) is 10.8 Å². The predicted octanol–water partition coefficient (Wildman–Crippen LogP) is 5.14. The first-order chi connectivity index (χ1) is 16.1. The van der Waals surface area contributed by atoms with Gasteiger partial charge in [0.05, 0.1) is 16.5 Å².